The number of aromatic nitrogens is 2. The van der Waals surface area contributed by atoms with Gasteiger partial charge in [-0.05, 0) is 29.8 Å². The molecule has 28 heavy (non-hydrogen) atoms. The maximum Gasteiger partial charge on any atom is 0.226 e. The molecule has 0 unspecified atom stereocenters. The molecule has 1 aromatic heterocycles. The van der Waals surface area contributed by atoms with Gasteiger partial charge in [0.25, 0.3) is 0 Å². The van der Waals surface area contributed by atoms with Crippen molar-refractivity contribution >= 4 is 11.7 Å². The molecular weight excluding hydrogens is 358 g/mol. The maximum absolute atomic E-state index is 12.5. The molecule has 1 N–H and O–H groups in total. The summed E-state index contributed by atoms with van der Waals surface area (Å²) in [7, 11) is 4.84. The van der Waals surface area contributed by atoms with Crippen LogP contribution in [0.5, 0.6) is 17.2 Å². The van der Waals surface area contributed by atoms with Gasteiger partial charge in [-0.3, -0.25) is 9.36 Å². The predicted octanol–water partition coefficient (Wildman–Crippen LogP) is 3.37. The maximum atomic E-state index is 12.5. The minimum Gasteiger partial charge on any atom is -0.497 e. The Morgan fingerprint density at radius 3 is 2.39 bits per heavy atom. The smallest absolute Gasteiger partial charge is 0.226 e. The molecule has 2 heterocycles. The third-order valence-corrected chi connectivity index (χ3v) is 4.94. The third kappa shape index (κ3) is 3.05. The highest BCUT2D eigenvalue weighted by atomic mass is 16.5. The van der Waals surface area contributed by atoms with E-state index in [1.54, 1.807) is 27.7 Å². The lowest BCUT2D eigenvalue weighted by Gasteiger charge is -2.24. The van der Waals surface area contributed by atoms with Gasteiger partial charge in [0.05, 0.1) is 32.7 Å². The van der Waals surface area contributed by atoms with Crippen LogP contribution in [0.1, 0.15) is 23.6 Å². The van der Waals surface area contributed by atoms with Crippen LogP contribution in [-0.2, 0) is 4.79 Å². The molecule has 0 spiro atoms. The summed E-state index contributed by atoms with van der Waals surface area (Å²) in [5.74, 6) is 2.57. The van der Waals surface area contributed by atoms with Crippen LogP contribution < -0.4 is 19.5 Å². The van der Waals surface area contributed by atoms with Crippen molar-refractivity contribution in [3.05, 3.63) is 60.0 Å². The summed E-state index contributed by atoms with van der Waals surface area (Å²) in [6.07, 6.45) is 2.04. The highest BCUT2D eigenvalue weighted by molar-refractivity contribution is 5.94. The molecule has 0 fully saturated rings. The van der Waals surface area contributed by atoms with Crippen LogP contribution in [0.4, 0.5) is 5.82 Å². The fourth-order valence-electron chi connectivity index (χ4n) is 3.49. The molecule has 0 aliphatic carbocycles. The first-order valence-electron chi connectivity index (χ1n) is 8.88. The van der Waals surface area contributed by atoms with Crippen molar-refractivity contribution in [3.63, 3.8) is 0 Å². The number of nitrogens with one attached hydrogen (secondary N) is 1. The number of benzene rings is 2. The van der Waals surface area contributed by atoms with Crippen LogP contribution >= 0.6 is 0 Å². The molecule has 4 rings (SSSR count). The van der Waals surface area contributed by atoms with Gasteiger partial charge in [-0.1, -0.05) is 12.1 Å². The van der Waals surface area contributed by atoms with Gasteiger partial charge >= 0.3 is 0 Å². The van der Waals surface area contributed by atoms with Gasteiger partial charge in [-0.2, -0.15) is 0 Å². The summed E-state index contributed by atoms with van der Waals surface area (Å²) < 4.78 is 17.9. The number of rotatable bonds is 5. The lowest BCUT2D eigenvalue weighted by molar-refractivity contribution is -0.116. The van der Waals surface area contributed by atoms with Crippen molar-refractivity contribution in [2.75, 3.05) is 26.6 Å². The average Bonchev–Trinajstić information content (AvgIpc) is 3.16. The molecule has 144 valence electrons. The Balaban J connectivity index is 1.81. The van der Waals surface area contributed by atoms with Crippen LogP contribution in [0, 0.1) is 0 Å². The molecule has 3 aromatic rings. The molecule has 1 atom stereocenters. The van der Waals surface area contributed by atoms with Gasteiger partial charge in [-0.25, -0.2) is 4.98 Å². The minimum absolute atomic E-state index is 0.0584. The van der Waals surface area contributed by atoms with E-state index in [1.165, 1.54) is 0 Å². The van der Waals surface area contributed by atoms with Crippen LogP contribution in [0.2, 0.25) is 0 Å². The fourth-order valence-corrected chi connectivity index (χ4v) is 3.49. The van der Waals surface area contributed by atoms with Gasteiger partial charge in [-0.15, -0.1) is 0 Å². The first kappa shape index (κ1) is 17.9. The second-order valence-electron chi connectivity index (χ2n) is 6.46. The number of carbonyl (C=O) groups is 1. The summed E-state index contributed by atoms with van der Waals surface area (Å²) in [5.41, 5.74) is 2.57. The van der Waals surface area contributed by atoms with Gasteiger partial charge in [0.15, 0.2) is 0 Å². The van der Waals surface area contributed by atoms with E-state index in [0.717, 1.165) is 22.7 Å². The zero-order valence-corrected chi connectivity index (χ0v) is 15.9. The second kappa shape index (κ2) is 7.26. The molecule has 7 heteroatoms. The number of carbonyl (C=O) groups excluding carboxylic acids is 1. The number of imidazole rings is 1. The third-order valence-electron chi connectivity index (χ3n) is 4.94. The molecule has 1 aliphatic rings. The van der Waals surface area contributed by atoms with Gasteiger partial charge in [0, 0.05) is 18.4 Å². The average molecular weight is 379 g/mol. The van der Waals surface area contributed by atoms with Crippen LogP contribution in [-0.4, -0.2) is 36.8 Å². The Morgan fingerprint density at radius 1 is 1.00 bits per heavy atom. The van der Waals surface area contributed by atoms with Crippen molar-refractivity contribution in [1.29, 1.82) is 0 Å². The van der Waals surface area contributed by atoms with Crippen LogP contribution in [0.15, 0.2) is 48.8 Å². The Bertz CT molecular complexity index is 1010. The fraction of sp³-hybridized carbons (Fsp3) is 0.238. The minimum atomic E-state index is -0.132. The lowest BCUT2D eigenvalue weighted by Crippen LogP contribution is -2.25. The Morgan fingerprint density at radius 2 is 1.71 bits per heavy atom. The summed E-state index contributed by atoms with van der Waals surface area (Å²) in [4.78, 5) is 17.1. The highest BCUT2D eigenvalue weighted by Crippen LogP contribution is 2.39. The highest BCUT2D eigenvalue weighted by Gasteiger charge is 2.31. The normalized spacial score (nSPS) is 15.5. The lowest BCUT2D eigenvalue weighted by atomic mass is 9.90. The standard InChI is InChI=1S/C21H21N3O4/c1-26-14-6-4-13(5-7-14)16-11-19(25)23-21-20(16)22-12-24(21)17-10-15(27-2)8-9-18(17)28-3/h4-10,12,16H,11H2,1-3H3,(H,23,25)/t16-/m0/s1. The topological polar surface area (TPSA) is 74.6 Å². The monoisotopic (exact) mass is 379 g/mol. The summed E-state index contributed by atoms with van der Waals surface area (Å²) in [6.45, 7) is 0. The quantitative estimate of drug-likeness (QED) is 0.736. The molecule has 0 saturated heterocycles. The van der Waals surface area contributed by atoms with Crippen LogP contribution in [0.25, 0.3) is 5.69 Å². The van der Waals surface area contributed by atoms with E-state index in [1.807, 2.05) is 47.0 Å². The van der Waals surface area contributed by atoms with E-state index in [-0.39, 0.29) is 11.8 Å². The molecule has 0 saturated carbocycles. The molecule has 0 bridgehead atoms. The zero-order chi connectivity index (χ0) is 19.7. The molecule has 2 aromatic carbocycles. The molecule has 7 nitrogen and oxygen atoms in total. The Kier molecular flexibility index (Phi) is 4.65. The van der Waals surface area contributed by atoms with E-state index in [0.29, 0.717) is 23.7 Å². The van der Waals surface area contributed by atoms with Gasteiger partial charge in [0.2, 0.25) is 5.91 Å². The van der Waals surface area contributed by atoms with E-state index in [9.17, 15) is 4.79 Å². The SMILES string of the molecule is COc1ccc([C@@H]2CC(=O)Nc3c2ncn3-c2cc(OC)ccc2OC)cc1. The molecule has 0 radical (unpaired) electrons. The van der Waals surface area contributed by atoms with Crippen molar-refractivity contribution in [3.8, 4) is 22.9 Å². The van der Waals surface area contributed by atoms with Gasteiger partial charge in [0.1, 0.15) is 29.4 Å². The largest absolute Gasteiger partial charge is 0.497 e. The second-order valence-corrected chi connectivity index (χ2v) is 6.46. The number of amides is 1. The van der Waals surface area contributed by atoms with Gasteiger partial charge < -0.3 is 19.5 Å². The predicted molar refractivity (Wildman–Crippen MR) is 105 cm³/mol. The van der Waals surface area contributed by atoms with Crippen molar-refractivity contribution in [2.45, 2.75) is 12.3 Å². The van der Waals surface area contributed by atoms with E-state index in [4.69, 9.17) is 14.2 Å². The number of hydrogen-bond acceptors (Lipinski definition) is 5. The van der Waals surface area contributed by atoms with Crippen molar-refractivity contribution in [2.24, 2.45) is 0 Å². The number of fused-ring (bicyclic) bond motifs is 1. The van der Waals surface area contributed by atoms with E-state index >= 15 is 0 Å². The Labute approximate surface area is 162 Å². The zero-order valence-electron chi connectivity index (χ0n) is 15.9. The molecular formula is C21H21N3O4. The first-order valence-corrected chi connectivity index (χ1v) is 8.88. The summed E-state index contributed by atoms with van der Waals surface area (Å²) in [6, 6.07) is 13.2. The molecule has 1 aliphatic heterocycles. The van der Waals surface area contributed by atoms with Crippen molar-refractivity contribution < 1.29 is 19.0 Å². The number of anilines is 1. The number of methoxy groups -OCH3 is 3. The van der Waals surface area contributed by atoms with E-state index in [2.05, 4.69) is 10.3 Å². The number of ether oxygens (including phenoxy) is 3. The summed E-state index contributed by atoms with van der Waals surface area (Å²) >= 11 is 0. The van der Waals surface area contributed by atoms with Crippen LogP contribution in [0.3, 0.4) is 0 Å². The Hall–Kier alpha value is -3.48. The summed E-state index contributed by atoms with van der Waals surface area (Å²) in [5, 5.41) is 2.96. The van der Waals surface area contributed by atoms with Crippen molar-refractivity contribution in [1.82, 2.24) is 9.55 Å². The number of nitrogens with zero attached hydrogens (tertiary/aromatic N) is 2. The first-order chi connectivity index (χ1) is 13.6. The van der Waals surface area contributed by atoms with E-state index < -0.39 is 0 Å². The molecule has 1 amide bonds. The number of hydrogen-bond donors (Lipinski definition) is 1.